The highest BCUT2D eigenvalue weighted by Gasteiger charge is 2.40. The predicted octanol–water partition coefficient (Wildman–Crippen LogP) is 13.0. The van der Waals surface area contributed by atoms with Crippen molar-refractivity contribution in [3.05, 3.63) is 156 Å². The largest absolute Gasteiger partial charge is 0.0642 e. The molecular weight excluding hydrogens is 553 g/mol. The average Bonchev–Trinajstić information content (AvgIpc) is 3.40. The molecule has 0 unspecified atom stereocenters. The summed E-state index contributed by atoms with van der Waals surface area (Å²) in [6, 6.07) is 52.5. The molecule has 0 aliphatic heterocycles. The van der Waals surface area contributed by atoms with Crippen LogP contribution in [0.25, 0.3) is 76.8 Å². The van der Waals surface area contributed by atoms with E-state index in [1.807, 2.05) is 0 Å². The van der Waals surface area contributed by atoms with Gasteiger partial charge in [-0.05, 0) is 125 Å². The van der Waals surface area contributed by atoms with Crippen LogP contribution >= 0.6 is 0 Å². The summed E-state index contributed by atoms with van der Waals surface area (Å²) in [5.74, 6) is 0. The minimum Gasteiger partial charge on any atom is -0.0642 e. The van der Waals surface area contributed by atoms with Gasteiger partial charge in [-0.15, -0.1) is 0 Å². The maximum atomic E-state index is 2.52. The van der Waals surface area contributed by atoms with Gasteiger partial charge in [0.1, 0.15) is 0 Å². The molecule has 0 amide bonds. The Labute approximate surface area is 271 Å². The zero-order valence-electron chi connectivity index (χ0n) is 26.7. The Morgan fingerprint density at radius 1 is 0.413 bits per heavy atom. The number of hydrogen-bond donors (Lipinski definition) is 0. The van der Waals surface area contributed by atoms with Gasteiger partial charge in [-0.1, -0.05) is 141 Å². The molecule has 0 aromatic heterocycles. The van der Waals surface area contributed by atoms with E-state index < -0.39 is 0 Å². The quantitative estimate of drug-likeness (QED) is 0.175. The Hall–Kier alpha value is -5.20. The van der Waals surface area contributed by atoms with E-state index in [1.165, 1.54) is 93.5 Å². The van der Waals surface area contributed by atoms with Gasteiger partial charge in [0.25, 0.3) is 0 Å². The first kappa shape index (κ1) is 27.1. The van der Waals surface area contributed by atoms with Gasteiger partial charge in [0, 0.05) is 5.41 Å². The highest BCUT2D eigenvalue weighted by Crippen LogP contribution is 2.54. The number of rotatable bonds is 5. The van der Waals surface area contributed by atoms with E-state index in [1.54, 1.807) is 0 Å². The lowest BCUT2D eigenvalue weighted by Crippen LogP contribution is -2.23. The topological polar surface area (TPSA) is 0 Å². The second-order valence-electron chi connectivity index (χ2n) is 13.1. The molecule has 0 saturated heterocycles. The molecule has 0 radical (unpaired) electrons. The van der Waals surface area contributed by atoms with Crippen LogP contribution in [-0.4, -0.2) is 0 Å². The van der Waals surface area contributed by atoms with Crippen molar-refractivity contribution in [3.8, 4) is 44.5 Å². The molecule has 0 nitrogen and oxygen atoms in total. The molecule has 220 valence electrons. The fourth-order valence-electron chi connectivity index (χ4n) is 8.81. The first-order valence-electron chi connectivity index (χ1n) is 16.7. The van der Waals surface area contributed by atoms with Crippen LogP contribution in [0.1, 0.15) is 43.4 Å². The summed E-state index contributed by atoms with van der Waals surface area (Å²) in [5.41, 5.74) is 14.9. The van der Waals surface area contributed by atoms with Crippen molar-refractivity contribution in [2.24, 2.45) is 0 Å². The van der Waals surface area contributed by atoms with Crippen molar-refractivity contribution in [2.45, 2.75) is 39.0 Å². The summed E-state index contributed by atoms with van der Waals surface area (Å²) in [5, 5.41) is 8.05. The molecular formula is C46H36. The van der Waals surface area contributed by atoms with Crippen LogP contribution in [0, 0.1) is 6.92 Å². The van der Waals surface area contributed by atoms with Crippen LogP contribution in [-0.2, 0) is 5.41 Å². The molecule has 0 saturated carbocycles. The number of benzene rings is 8. The van der Waals surface area contributed by atoms with E-state index >= 15 is 0 Å². The van der Waals surface area contributed by atoms with Gasteiger partial charge in [-0.25, -0.2) is 0 Å². The van der Waals surface area contributed by atoms with Crippen molar-refractivity contribution >= 4 is 32.3 Å². The standard InChI is InChI=1S/C46H36/c1-4-46(5-2)41-19-13-12-18-35(41)36-23-20-32(27-42(36)46)34-22-21-33-26-29(3)43-40(31-16-10-7-11-17-31)28-39(30-14-8-6-9-15-30)38-25-24-37(34)44(33)45(38)43/h6-28H,4-5H2,1-3H3. The van der Waals surface area contributed by atoms with E-state index in [9.17, 15) is 0 Å². The zero-order chi connectivity index (χ0) is 31.0. The Morgan fingerprint density at radius 2 is 1.02 bits per heavy atom. The fraction of sp³-hybridized carbons (Fsp3) is 0.130. The highest BCUT2D eigenvalue weighted by atomic mass is 14.4. The summed E-state index contributed by atoms with van der Waals surface area (Å²) in [6.45, 7) is 7.00. The number of hydrogen-bond acceptors (Lipinski definition) is 0. The van der Waals surface area contributed by atoms with Crippen LogP contribution in [0.15, 0.2) is 140 Å². The maximum absolute atomic E-state index is 2.52. The van der Waals surface area contributed by atoms with E-state index in [4.69, 9.17) is 0 Å². The van der Waals surface area contributed by atoms with Gasteiger partial charge in [0.05, 0.1) is 0 Å². The van der Waals surface area contributed by atoms with Crippen molar-refractivity contribution in [1.82, 2.24) is 0 Å². The molecule has 0 heterocycles. The third-order valence-corrected chi connectivity index (χ3v) is 11.0. The van der Waals surface area contributed by atoms with Crippen molar-refractivity contribution in [3.63, 3.8) is 0 Å². The second kappa shape index (κ2) is 10.2. The molecule has 0 fully saturated rings. The first-order valence-corrected chi connectivity index (χ1v) is 16.7. The Kier molecular flexibility index (Phi) is 5.99. The smallest absolute Gasteiger partial charge is 0.0210 e. The molecule has 0 spiro atoms. The van der Waals surface area contributed by atoms with Gasteiger partial charge in [-0.3, -0.25) is 0 Å². The van der Waals surface area contributed by atoms with Gasteiger partial charge in [0.15, 0.2) is 0 Å². The average molecular weight is 589 g/mol. The SMILES string of the molecule is CCC1(CC)c2ccccc2-c2ccc(-c3ccc4cc(C)c5c(-c6ccccc6)cc(-c6ccccc6)c6ccc3c4c65)cc21. The van der Waals surface area contributed by atoms with Crippen molar-refractivity contribution < 1.29 is 0 Å². The molecule has 0 N–H and O–H groups in total. The lowest BCUT2D eigenvalue weighted by Gasteiger charge is -2.30. The number of fused-ring (bicyclic) bond motifs is 3. The van der Waals surface area contributed by atoms with Crippen LogP contribution in [0.5, 0.6) is 0 Å². The fourth-order valence-corrected chi connectivity index (χ4v) is 8.81. The number of aryl methyl sites for hydroxylation is 1. The maximum Gasteiger partial charge on any atom is 0.0210 e. The molecule has 46 heavy (non-hydrogen) atoms. The highest BCUT2D eigenvalue weighted by molar-refractivity contribution is 6.30. The Bertz CT molecular complexity index is 2420. The van der Waals surface area contributed by atoms with Gasteiger partial charge >= 0.3 is 0 Å². The normalized spacial score (nSPS) is 13.5. The van der Waals surface area contributed by atoms with Gasteiger partial charge in [-0.2, -0.15) is 0 Å². The summed E-state index contributed by atoms with van der Waals surface area (Å²) < 4.78 is 0. The minimum atomic E-state index is 0.0536. The molecule has 0 heteroatoms. The third-order valence-electron chi connectivity index (χ3n) is 11.0. The second-order valence-corrected chi connectivity index (χ2v) is 13.1. The van der Waals surface area contributed by atoms with E-state index in [0.29, 0.717) is 0 Å². The molecule has 8 aromatic carbocycles. The predicted molar refractivity (Wildman–Crippen MR) is 198 cm³/mol. The summed E-state index contributed by atoms with van der Waals surface area (Å²) in [4.78, 5) is 0. The molecule has 9 rings (SSSR count). The molecule has 0 bridgehead atoms. The van der Waals surface area contributed by atoms with E-state index in [-0.39, 0.29) is 5.41 Å². The monoisotopic (exact) mass is 588 g/mol. The lowest BCUT2D eigenvalue weighted by atomic mass is 9.73. The van der Waals surface area contributed by atoms with Crippen LogP contribution < -0.4 is 0 Å². The first-order chi connectivity index (χ1) is 22.6. The van der Waals surface area contributed by atoms with Crippen molar-refractivity contribution in [1.29, 1.82) is 0 Å². The van der Waals surface area contributed by atoms with E-state index in [2.05, 4.69) is 160 Å². The lowest BCUT2D eigenvalue weighted by molar-refractivity contribution is 0.490. The minimum absolute atomic E-state index is 0.0536. The summed E-state index contributed by atoms with van der Waals surface area (Å²) in [7, 11) is 0. The molecule has 1 aliphatic rings. The Morgan fingerprint density at radius 3 is 1.74 bits per heavy atom. The summed E-state index contributed by atoms with van der Waals surface area (Å²) >= 11 is 0. The molecule has 0 atom stereocenters. The van der Waals surface area contributed by atoms with Crippen LogP contribution in [0.3, 0.4) is 0 Å². The van der Waals surface area contributed by atoms with Crippen LogP contribution in [0.2, 0.25) is 0 Å². The van der Waals surface area contributed by atoms with Gasteiger partial charge in [0.2, 0.25) is 0 Å². The molecule has 1 aliphatic carbocycles. The Balaban J connectivity index is 1.36. The zero-order valence-corrected chi connectivity index (χ0v) is 26.7. The van der Waals surface area contributed by atoms with E-state index in [0.717, 1.165) is 12.8 Å². The third kappa shape index (κ3) is 3.68. The summed E-state index contributed by atoms with van der Waals surface area (Å²) in [6.07, 6.45) is 2.19. The van der Waals surface area contributed by atoms with Crippen molar-refractivity contribution in [2.75, 3.05) is 0 Å². The molecule has 8 aromatic rings. The van der Waals surface area contributed by atoms with Gasteiger partial charge < -0.3 is 0 Å². The van der Waals surface area contributed by atoms with Crippen LogP contribution in [0.4, 0.5) is 0 Å².